The molecule has 2 rings (SSSR count). The normalized spacial score (nSPS) is 22.9. The summed E-state index contributed by atoms with van der Waals surface area (Å²) in [5, 5.41) is 8.81. The van der Waals surface area contributed by atoms with Crippen LogP contribution in [0.25, 0.3) is 0 Å². The second kappa shape index (κ2) is 5.80. The van der Waals surface area contributed by atoms with Gasteiger partial charge >= 0.3 is 12.0 Å². The smallest absolute Gasteiger partial charge is 0.320 e. The van der Waals surface area contributed by atoms with Gasteiger partial charge in [-0.05, 0) is 44.9 Å². The van der Waals surface area contributed by atoms with E-state index in [9.17, 15) is 9.59 Å². The fourth-order valence-electron chi connectivity index (χ4n) is 2.69. The van der Waals surface area contributed by atoms with Crippen LogP contribution in [0.15, 0.2) is 0 Å². The van der Waals surface area contributed by atoms with Gasteiger partial charge in [-0.25, -0.2) is 4.79 Å². The van der Waals surface area contributed by atoms with E-state index in [1.807, 2.05) is 23.6 Å². The Hall–Kier alpha value is -1.26. The standard InChI is InChI=1S/C14H24N2O3/c1-10(2)16(9-11-3-4-11)14(19)15-6-5-12(8-15)7-13(17)18/h10-12H,3-9H2,1-2H3,(H,17,18). The quantitative estimate of drug-likeness (QED) is 0.830. The lowest BCUT2D eigenvalue weighted by atomic mass is 10.1. The largest absolute Gasteiger partial charge is 0.481 e. The van der Waals surface area contributed by atoms with Gasteiger partial charge in [0, 0.05) is 32.1 Å². The van der Waals surface area contributed by atoms with E-state index in [0.717, 1.165) is 13.0 Å². The zero-order chi connectivity index (χ0) is 14.0. The average Bonchev–Trinajstić information content (AvgIpc) is 3.03. The molecule has 1 aliphatic heterocycles. The number of hydrogen-bond acceptors (Lipinski definition) is 2. The minimum Gasteiger partial charge on any atom is -0.481 e. The molecule has 0 bridgehead atoms. The van der Waals surface area contributed by atoms with Gasteiger partial charge in [-0.3, -0.25) is 4.79 Å². The summed E-state index contributed by atoms with van der Waals surface area (Å²) >= 11 is 0. The Morgan fingerprint density at radius 3 is 2.47 bits per heavy atom. The van der Waals surface area contributed by atoms with Crippen LogP contribution < -0.4 is 0 Å². The number of carbonyl (C=O) groups excluding carboxylic acids is 1. The summed E-state index contributed by atoms with van der Waals surface area (Å²) in [5.74, 6) is 0.0400. The van der Waals surface area contributed by atoms with Crippen LogP contribution in [0.4, 0.5) is 4.79 Å². The Morgan fingerprint density at radius 2 is 1.95 bits per heavy atom. The first-order valence-corrected chi connectivity index (χ1v) is 7.24. The molecule has 5 heteroatoms. The maximum atomic E-state index is 12.5. The molecule has 2 amide bonds. The van der Waals surface area contributed by atoms with E-state index >= 15 is 0 Å². The Kier molecular flexibility index (Phi) is 4.32. The number of carbonyl (C=O) groups is 2. The van der Waals surface area contributed by atoms with Crippen LogP contribution >= 0.6 is 0 Å². The van der Waals surface area contributed by atoms with Crippen molar-refractivity contribution in [3.05, 3.63) is 0 Å². The third-order valence-corrected chi connectivity index (χ3v) is 4.04. The highest BCUT2D eigenvalue weighted by atomic mass is 16.4. The summed E-state index contributed by atoms with van der Waals surface area (Å²) in [6.45, 7) is 6.25. The zero-order valence-electron chi connectivity index (χ0n) is 11.8. The highest BCUT2D eigenvalue weighted by Gasteiger charge is 2.34. The van der Waals surface area contributed by atoms with Crippen LogP contribution in [0.2, 0.25) is 0 Å². The number of amides is 2. The third kappa shape index (κ3) is 3.85. The summed E-state index contributed by atoms with van der Waals surface area (Å²) in [7, 11) is 0. The van der Waals surface area contributed by atoms with Crippen molar-refractivity contribution in [1.82, 2.24) is 9.80 Å². The first-order chi connectivity index (χ1) is 8.97. The lowest BCUT2D eigenvalue weighted by Crippen LogP contribution is -2.46. The van der Waals surface area contributed by atoms with E-state index in [1.54, 1.807) is 0 Å². The maximum Gasteiger partial charge on any atom is 0.320 e. The number of carboxylic acid groups (broad SMARTS) is 1. The predicted molar refractivity (Wildman–Crippen MR) is 71.9 cm³/mol. The Bertz CT molecular complexity index is 353. The van der Waals surface area contributed by atoms with Crippen molar-refractivity contribution in [3.63, 3.8) is 0 Å². The van der Waals surface area contributed by atoms with Gasteiger partial charge in [0.1, 0.15) is 0 Å². The second-order valence-electron chi connectivity index (χ2n) is 6.17. The highest BCUT2D eigenvalue weighted by molar-refractivity contribution is 5.75. The van der Waals surface area contributed by atoms with E-state index in [4.69, 9.17) is 5.11 Å². The number of rotatable bonds is 5. The molecular formula is C14H24N2O3. The molecule has 0 spiro atoms. The van der Waals surface area contributed by atoms with Gasteiger partial charge in [0.2, 0.25) is 0 Å². The van der Waals surface area contributed by atoms with Gasteiger partial charge in [-0.2, -0.15) is 0 Å². The molecule has 1 N–H and O–H groups in total. The summed E-state index contributed by atoms with van der Waals surface area (Å²) in [6, 6.07) is 0.307. The van der Waals surface area contributed by atoms with Crippen LogP contribution in [0, 0.1) is 11.8 Å². The average molecular weight is 268 g/mol. The van der Waals surface area contributed by atoms with Gasteiger partial charge < -0.3 is 14.9 Å². The van der Waals surface area contributed by atoms with Crippen LogP contribution in [-0.4, -0.2) is 52.6 Å². The molecular weight excluding hydrogens is 244 g/mol. The number of hydrogen-bond donors (Lipinski definition) is 1. The molecule has 19 heavy (non-hydrogen) atoms. The molecule has 1 heterocycles. The third-order valence-electron chi connectivity index (χ3n) is 4.04. The molecule has 0 aromatic heterocycles. The number of carboxylic acids is 1. The van der Waals surface area contributed by atoms with Crippen molar-refractivity contribution in [2.45, 2.75) is 45.6 Å². The lowest BCUT2D eigenvalue weighted by Gasteiger charge is -2.31. The summed E-state index contributed by atoms with van der Waals surface area (Å²) in [6.07, 6.45) is 3.46. The topological polar surface area (TPSA) is 60.9 Å². The van der Waals surface area contributed by atoms with Crippen molar-refractivity contribution in [2.75, 3.05) is 19.6 Å². The fourth-order valence-corrected chi connectivity index (χ4v) is 2.69. The second-order valence-corrected chi connectivity index (χ2v) is 6.17. The van der Waals surface area contributed by atoms with Gasteiger partial charge in [-0.1, -0.05) is 0 Å². The lowest BCUT2D eigenvalue weighted by molar-refractivity contribution is -0.138. The molecule has 0 aromatic rings. The Balaban J connectivity index is 1.88. The molecule has 2 aliphatic rings. The van der Waals surface area contributed by atoms with E-state index in [1.165, 1.54) is 12.8 Å². The minimum atomic E-state index is -0.766. The molecule has 1 aliphatic carbocycles. The van der Waals surface area contributed by atoms with Gasteiger partial charge in [0.05, 0.1) is 0 Å². The summed E-state index contributed by atoms with van der Waals surface area (Å²) in [4.78, 5) is 27.0. The SMILES string of the molecule is CC(C)N(CC1CC1)C(=O)N1CCC(CC(=O)O)C1. The summed E-state index contributed by atoms with van der Waals surface area (Å²) in [5.41, 5.74) is 0. The zero-order valence-corrected chi connectivity index (χ0v) is 11.8. The van der Waals surface area contributed by atoms with Gasteiger partial charge in [0.15, 0.2) is 0 Å². The number of aliphatic carboxylic acids is 1. The van der Waals surface area contributed by atoms with Crippen molar-refractivity contribution in [3.8, 4) is 0 Å². The van der Waals surface area contributed by atoms with Crippen molar-refractivity contribution in [2.24, 2.45) is 11.8 Å². The molecule has 0 radical (unpaired) electrons. The van der Waals surface area contributed by atoms with Crippen LogP contribution in [0.1, 0.15) is 39.5 Å². The first-order valence-electron chi connectivity index (χ1n) is 7.24. The molecule has 1 atom stereocenters. The van der Waals surface area contributed by atoms with E-state index in [0.29, 0.717) is 19.0 Å². The van der Waals surface area contributed by atoms with Crippen molar-refractivity contribution in [1.29, 1.82) is 0 Å². The van der Waals surface area contributed by atoms with E-state index < -0.39 is 5.97 Å². The van der Waals surface area contributed by atoms with Crippen LogP contribution in [0.3, 0.4) is 0 Å². The number of likely N-dealkylation sites (tertiary alicyclic amines) is 1. The van der Waals surface area contributed by atoms with E-state index in [-0.39, 0.29) is 24.4 Å². The maximum absolute atomic E-state index is 12.5. The van der Waals surface area contributed by atoms with Crippen molar-refractivity contribution >= 4 is 12.0 Å². The summed E-state index contributed by atoms with van der Waals surface area (Å²) < 4.78 is 0. The Labute approximate surface area is 114 Å². The predicted octanol–water partition coefficient (Wildman–Crippen LogP) is 2.02. The minimum absolute atomic E-state index is 0.0924. The Morgan fingerprint density at radius 1 is 1.26 bits per heavy atom. The monoisotopic (exact) mass is 268 g/mol. The van der Waals surface area contributed by atoms with Crippen LogP contribution in [0.5, 0.6) is 0 Å². The van der Waals surface area contributed by atoms with Crippen molar-refractivity contribution < 1.29 is 14.7 Å². The molecule has 1 saturated carbocycles. The highest BCUT2D eigenvalue weighted by Crippen LogP contribution is 2.31. The molecule has 1 unspecified atom stereocenters. The number of nitrogens with zero attached hydrogens (tertiary/aromatic N) is 2. The molecule has 0 aromatic carbocycles. The molecule has 5 nitrogen and oxygen atoms in total. The molecule has 108 valence electrons. The van der Waals surface area contributed by atoms with E-state index in [2.05, 4.69) is 0 Å². The molecule has 1 saturated heterocycles. The van der Waals surface area contributed by atoms with Gasteiger partial charge in [0.25, 0.3) is 0 Å². The molecule has 2 fully saturated rings. The number of urea groups is 1. The fraction of sp³-hybridized carbons (Fsp3) is 0.857. The van der Waals surface area contributed by atoms with Crippen LogP contribution in [-0.2, 0) is 4.79 Å². The first kappa shape index (κ1) is 14.2. The van der Waals surface area contributed by atoms with Gasteiger partial charge in [-0.15, -0.1) is 0 Å².